The molecule has 0 aliphatic heterocycles. The number of benzene rings is 1. The van der Waals surface area contributed by atoms with Crippen LogP contribution in [0, 0.1) is 12.7 Å². The van der Waals surface area contributed by atoms with Gasteiger partial charge < -0.3 is 5.32 Å². The fourth-order valence-electron chi connectivity index (χ4n) is 2.43. The molecule has 1 aliphatic rings. The highest BCUT2D eigenvalue weighted by Gasteiger charge is 2.30. The summed E-state index contributed by atoms with van der Waals surface area (Å²) in [6.45, 7) is 4.16. The maximum atomic E-state index is 14.4. The van der Waals surface area contributed by atoms with E-state index in [1.165, 1.54) is 4.88 Å². The lowest BCUT2D eigenvalue weighted by Crippen LogP contribution is -2.25. The molecule has 1 fully saturated rings. The van der Waals surface area contributed by atoms with E-state index in [1.54, 1.807) is 29.5 Å². The van der Waals surface area contributed by atoms with E-state index >= 15 is 0 Å². The van der Waals surface area contributed by atoms with Gasteiger partial charge >= 0.3 is 0 Å². The second-order valence-corrected chi connectivity index (χ2v) is 7.07. The molecule has 1 aromatic heterocycles. The third kappa shape index (κ3) is 3.12. The lowest BCUT2D eigenvalue weighted by atomic mass is 10.1. The number of halogens is 2. The molecule has 1 aromatic carbocycles. The molecule has 3 rings (SSSR count). The van der Waals surface area contributed by atoms with Gasteiger partial charge in [0, 0.05) is 16.5 Å². The number of thiazole rings is 1. The van der Waals surface area contributed by atoms with Crippen molar-refractivity contribution < 1.29 is 4.39 Å². The Hall–Kier alpha value is -0.970. The molecule has 0 radical (unpaired) electrons. The van der Waals surface area contributed by atoms with Crippen LogP contribution in [-0.2, 0) is 6.42 Å². The van der Waals surface area contributed by atoms with Gasteiger partial charge in [-0.15, -0.1) is 11.3 Å². The van der Waals surface area contributed by atoms with Gasteiger partial charge in [0.05, 0.1) is 16.8 Å². The smallest absolute Gasteiger partial charge is 0.146 e. The van der Waals surface area contributed by atoms with Gasteiger partial charge in [0.15, 0.2) is 0 Å². The number of nitrogens with one attached hydrogen (secondary N) is 1. The fraction of sp³-hybridized carbons (Fsp3) is 0.438. The monoisotopic (exact) mass is 324 g/mol. The summed E-state index contributed by atoms with van der Waals surface area (Å²) in [6, 6.07) is 5.43. The van der Waals surface area contributed by atoms with Crippen LogP contribution in [0.5, 0.6) is 0 Å². The first-order chi connectivity index (χ1) is 10.1. The van der Waals surface area contributed by atoms with E-state index in [2.05, 4.69) is 19.2 Å². The normalized spacial score (nSPS) is 16.2. The lowest BCUT2D eigenvalue weighted by Gasteiger charge is -2.18. The van der Waals surface area contributed by atoms with E-state index in [1.807, 2.05) is 0 Å². The van der Waals surface area contributed by atoms with Crippen LogP contribution >= 0.6 is 22.9 Å². The molecule has 1 aliphatic carbocycles. The number of hydrogen-bond acceptors (Lipinski definition) is 3. The topological polar surface area (TPSA) is 24.9 Å². The van der Waals surface area contributed by atoms with Crippen molar-refractivity contribution in [1.82, 2.24) is 10.3 Å². The maximum Gasteiger partial charge on any atom is 0.146 e. The van der Waals surface area contributed by atoms with Crippen LogP contribution in [0.4, 0.5) is 4.39 Å². The molecule has 0 saturated heterocycles. The number of hydrogen-bond donors (Lipinski definition) is 1. The summed E-state index contributed by atoms with van der Waals surface area (Å²) in [5, 5.41) is 4.60. The zero-order valence-electron chi connectivity index (χ0n) is 12.1. The molecule has 2 aromatic rings. The highest BCUT2D eigenvalue weighted by Crippen LogP contribution is 2.34. The Bertz CT molecular complexity index is 652. The molecule has 5 heteroatoms. The molecule has 1 heterocycles. The van der Waals surface area contributed by atoms with Crippen LogP contribution in [0.1, 0.15) is 46.9 Å². The molecule has 0 bridgehead atoms. The van der Waals surface area contributed by atoms with Gasteiger partial charge in [0.2, 0.25) is 0 Å². The predicted octanol–water partition coefficient (Wildman–Crippen LogP) is 4.65. The minimum absolute atomic E-state index is 0.166. The summed E-state index contributed by atoms with van der Waals surface area (Å²) in [4.78, 5) is 5.91. The second-order valence-electron chi connectivity index (χ2n) is 5.43. The van der Waals surface area contributed by atoms with Crippen LogP contribution in [0.25, 0.3) is 0 Å². The number of aryl methyl sites for hydroxylation is 2. The van der Waals surface area contributed by atoms with Crippen molar-refractivity contribution in [3.05, 3.63) is 50.2 Å². The standard InChI is InChI=1S/C16H18ClFN2S/c1-3-13-9(2)21-16(20-13)15(19-10-7-8-10)11-5-4-6-12(17)14(11)18/h4-6,10,15,19H,3,7-8H2,1-2H3. The minimum Gasteiger partial charge on any atom is -0.301 e. The summed E-state index contributed by atoms with van der Waals surface area (Å²) >= 11 is 7.58. The average Bonchev–Trinajstić information content (AvgIpc) is 3.21. The Morgan fingerprint density at radius 3 is 2.86 bits per heavy atom. The second kappa shape index (κ2) is 6.03. The minimum atomic E-state index is -0.344. The Morgan fingerprint density at radius 1 is 1.48 bits per heavy atom. The molecule has 1 atom stereocenters. The predicted molar refractivity (Wildman–Crippen MR) is 85.6 cm³/mol. The van der Waals surface area contributed by atoms with Gasteiger partial charge in [-0.3, -0.25) is 0 Å². The van der Waals surface area contributed by atoms with E-state index in [4.69, 9.17) is 16.6 Å². The molecular weight excluding hydrogens is 307 g/mol. The van der Waals surface area contributed by atoms with Gasteiger partial charge in [-0.05, 0) is 32.3 Å². The zero-order chi connectivity index (χ0) is 15.0. The first kappa shape index (κ1) is 14.9. The van der Waals surface area contributed by atoms with Gasteiger partial charge in [-0.25, -0.2) is 9.37 Å². The van der Waals surface area contributed by atoms with Crippen molar-refractivity contribution in [1.29, 1.82) is 0 Å². The Kier molecular flexibility index (Phi) is 4.29. The van der Waals surface area contributed by atoms with Crippen LogP contribution in [-0.4, -0.2) is 11.0 Å². The maximum absolute atomic E-state index is 14.4. The first-order valence-electron chi connectivity index (χ1n) is 7.26. The molecule has 21 heavy (non-hydrogen) atoms. The average molecular weight is 325 g/mol. The summed E-state index contributed by atoms with van der Waals surface area (Å²) in [7, 11) is 0. The molecule has 1 saturated carbocycles. The zero-order valence-corrected chi connectivity index (χ0v) is 13.7. The largest absolute Gasteiger partial charge is 0.301 e. The Balaban J connectivity index is 2.02. The molecule has 1 unspecified atom stereocenters. The summed E-state index contributed by atoms with van der Waals surface area (Å²) in [6.07, 6.45) is 3.18. The van der Waals surface area contributed by atoms with E-state index in [0.29, 0.717) is 11.6 Å². The van der Waals surface area contributed by atoms with E-state index in [-0.39, 0.29) is 16.9 Å². The van der Waals surface area contributed by atoms with E-state index in [0.717, 1.165) is 30.0 Å². The number of aromatic nitrogens is 1. The van der Waals surface area contributed by atoms with Gasteiger partial charge in [-0.2, -0.15) is 0 Å². The first-order valence-corrected chi connectivity index (χ1v) is 8.45. The molecule has 2 nitrogen and oxygen atoms in total. The van der Waals surface area contributed by atoms with Crippen molar-refractivity contribution in [3.8, 4) is 0 Å². The molecule has 0 spiro atoms. The number of nitrogens with zero attached hydrogens (tertiary/aromatic N) is 1. The molecule has 112 valence electrons. The van der Waals surface area contributed by atoms with Gasteiger partial charge in [0.25, 0.3) is 0 Å². The summed E-state index contributed by atoms with van der Waals surface area (Å²) in [5.41, 5.74) is 1.69. The SMILES string of the molecule is CCc1nc(C(NC2CC2)c2cccc(Cl)c2F)sc1C. The lowest BCUT2D eigenvalue weighted by molar-refractivity contribution is 0.544. The van der Waals surface area contributed by atoms with Crippen molar-refractivity contribution >= 4 is 22.9 Å². The van der Waals surface area contributed by atoms with Crippen LogP contribution in [0.15, 0.2) is 18.2 Å². The van der Waals surface area contributed by atoms with Crippen molar-refractivity contribution in [2.24, 2.45) is 0 Å². The van der Waals surface area contributed by atoms with Crippen molar-refractivity contribution in [2.45, 2.75) is 45.2 Å². The molecule has 0 amide bonds. The summed E-state index contributed by atoms with van der Waals surface area (Å²) in [5.74, 6) is -0.344. The Labute approximate surface area is 133 Å². The highest BCUT2D eigenvalue weighted by molar-refractivity contribution is 7.11. The van der Waals surface area contributed by atoms with Crippen LogP contribution in [0.2, 0.25) is 5.02 Å². The molecular formula is C16H18ClFN2S. The van der Waals surface area contributed by atoms with E-state index < -0.39 is 0 Å². The molecule has 1 N–H and O–H groups in total. The van der Waals surface area contributed by atoms with Crippen LogP contribution < -0.4 is 5.32 Å². The van der Waals surface area contributed by atoms with Gasteiger partial charge in [-0.1, -0.05) is 30.7 Å². The summed E-state index contributed by atoms with van der Waals surface area (Å²) < 4.78 is 14.4. The fourth-order valence-corrected chi connectivity index (χ4v) is 3.70. The number of rotatable bonds is 5. The third-order valence-electron chi connectivity index (χ3n) is 3.76. The Morgan fingerprint density at radius 2 is 2.24 bits per heavy atom. The van der Waals surface area contributed by atoms with Crippen molar-refractivity contribution in [2.75, 3.05) is 0 Å². The quantitative estimate of drug-likeness (QED) is 0.866. The van der Waals surface area contributed by atoms with E-state index in [9.17, 15) is 4.39 Å². The van der Waals surface area contributed by atoms with Crippen molar-refractivity contribution in [3.63, 3.8) is 0 Å². The van der Waals surface area contributed by atoms with Gasteiger partial charge in [0.1, 0.15) is 10.8 Å². The highest BCUT2D eigenvalue weighted by atomic mass is 35.5. The van der Waals surface area contributed by atoms with Crippen LogP contribution in [0.3, 0.4) is 0 Å². The third-order valence-corrected chi connectivity index (χ3v) is 5.13.